The van der Waals surface area contributed by atoms with Gasteiger partial charge in [0.25, 0.3) is 0 Å². The van der Waals surface area contributed by atoms with Gasteiger partial charge in [-0.25, -0.2) is 0 Å². The van der Waals surface area contributed by atoms with Crippen LogP contribution in [0.25, 0.3) is 0 Å². The molecule has 0 saturated carbocycles. The van der Waals surface area contributed by atoms with Gasteiger partial charge >= 0.3 is 0 Å². The second kappa shape index (κ2) is 3.06. The number of benzene rings is 1. The Labute approximate surface area is 88.8 Å². The highest BCUT2D eigenvalue weighted by molar-refractivity contribution is 6.31. The van der Waals surface area contributed by atoms with Crippen LogP contribution in [0.1, 0.15) is 26.3 Å². The largest absolute Gasteiger partial charge is 0.454 e. The summed E-state index contributed by atoms with van der Waals surface area (Å²) in [6.07, 6.45) is 0. The van der Waals surface area contributed by atoms with E-state index < -0.39 is 0 Å². The monoisotopic (exact) mass is 212 g/mol. The van der Waals surface area contributed by atoms with Gasteiger partial charge in [0.1, 0.15) is 0 Å². The summed E-state index contributed by atoms with van der Waals surface area (Å²) < 4.78 is 10.5. The zero-order chi connectivity index (χ0) is 10.3. The number of hydrogen-bond donors (Lipinski definition) is 0. The van der Waals surface area contributed by atoms with Crippen molar-refractivity contribution in [2.24, 2.45) is 0 Å². The molecular weight excluding hydrogens is 200 g/mol. The van der Waals surface area contributed by atoms with Crippen molar-refractivity contribution in [3.05, 3.63) is 22.7 Å². The molecule has 0 aliphatic carbocycles. The molecule has 1 aliphatic heterocycles. The lowest BCUT2D eigenvalue weighted by molar-refractivity contribution is 0.174. The first-order chi connectivity index (χ1) is 6.48. The van der Waals surface area contributed by atoms with Crippen LogP contribution in [0.4, 0.5) is 0 Å². The molecule has 2 nitrogen and oxygen atoms in total. The lowest BCUT2D eigenvalue weighted by atomic mass is 9.87. The van der Waals surface area contributed by atoms with Crippen molar-refractivity contribution in [2.45, 2.75) is 26.2 Å². The van der Waals surface area contributed by atoms with E-state index in [9.17, 15) is 0 Å². The van der Waals surface area contributed by atoms with E-state index in [1.165, 1.54) is 0 Å². The second-order valence-electron chi connectivity index (χ2n) is 4.44. The van der Waals surface area contributed by atoms with E-state index in [2.05, 4.69) is 20.8 Å². The van der Waals surface area contributed by atoms with Crippen LogP contribution < -0.4 is 9.47 Å². The number of halogens is 1. The molecule has 0 fully saturated rings. The van der Waals surface area contributed by atoms with E-state index >= 15 is 0 Å². The predicted octanol–water partition coefficient (Wildman–Crippen LogP) is 3.37. The van der Waals surface area contributed by atoms with Crippen molar-refractivity contribution in [3.63, 3.8) is 0 Å². The van der Waals surface area contributed by atoms with Gasteiger partial charge < -0.3 is 9.47 Å². The summed E-state index contributed by atoms with van der Waals surface area (Å²) in [7, 11) is 0. The first-order valence-electron chi connectivity index (χ1n) is 4.58. The van der Waals surface area contributed by atoms with Crippen LogP contribution in [-0.2, 0) is 5.41 Å². The van der Waals surface area contributed by atoms with E-state index in [1.807, 2.05) is 12.1 Å². The van der Waals surface area contributed by atoms with Gasteiger partial charge in [0, 0.05) is 11.1 Å². The van der Waals surface area contributed by atoms with Gasteiger partial charge in [-0.05, 0) is 17.0 Å². The standard InChI is InChI=1S/C11H13ClO2/c1-11(2,3)7-4-9-10(5-8(7)12)14-6-13-9/h4-5H,6H2,1-3H3. The average Bonchev–Trinajstić information content (AvgIpc) is 2.47. The van der Waals surface area contributed by atoms with Crippen molar-refractivity contribution in [1.29, 1.82) is 0 Å². The molecule has 2 rings (SSSR count). The highest BCUT2D eigenvalue weighted by Gasteiger charge is 2.23. The molecule has 0 saturated heterocycles. The van der Waals surface area contributed by atoms with E-state index in [0.29, 0.717) is 6.79 Å². The Morgan fingerprint density at radius 1 is 1.14 bits per heavy atom. The number of fused-ring (bicyclic) bond motifs is 1. The van der Waals surface area contributed by atoms with Crippen LogP contribution in [-0.4, -0.2) is 6.79 Å². The topological polar surface area (TPSA) is 18.5 Å². The van der Waals surface area contributed by atoms with E-state index in [-0.39, 0.29) is 5.41 Å². The Kier molecular flexibility index (Phi) is 2.11. The Balaban J connectivity index is 2.53. The maximum atomic E-state index is 6.16. The molecule has 14 heavy (non-hydrogen) atoms. The molecule has 76 valence electrons. The summed E-state index contributed by atoms with van der Waals surface area (Å²) in [5.74, 6) is 1.53. The van der Waals surface area contributed by atoms with Crippen molar-refractivity contribution < 1.29 is 9.47 Å². The Hall–Kier alpha value is -0.890. The zero-order valence-corrected chi connectivity index (χ0v) is 9.31. The molecule has 1 aliphatic rings. The van der Waals surface area contributed by atoms with Crippen LogP contribution in [0.15, 0.2) is 12.1 Å². The second-order valence-corrected chi connectivity index (χ2v) is 4.84. The van der Waals surface area contributed by atoms with Crippen LogP contribution >= 0.6 is 11.6 Å². The molecule has 0 amide bonds. The van der Waals surface area contributed by atoms with Crippen molar-refractivity contribution >= 4 is 11.6 Å². The molecule has 0 N–H and O–H groups in total. The number of ether oxygens (including phenoxy) is 2. The molecule has 0 bridgehead atoms. The smallest absolute Gasteiger partial charge is 0.231 e. The number of rotatable bonds is 0. The maximum Gasteiger partial charge on any atom is 0.231 e. The quantitative estimate of drug-likeness (QED) is 0.657. The summed E-state index contributed by atoms with van der Waals surface area (Å²) in [5, 5.41) is 0.738. The molecule has 1 aromatic carbocycles. The van der Waals surface area contributed by atoms with E-state index in [4.69, 9.17) is 21.1 Å². The zero-order valence-electron chi connectivity index (χ0n) is 8.56. The van der Waals surface area contributed by atoms with Gasteiger partial charge in [-0.15, -0.1) is 0 Å². The van der Waals surface area contributed by atoms with Crippen LogP contribution in [0.3, 0.4) is 0 Å². The Morgan fingerprint density at radius 3 is 2.29 bits per heavy atom. The summed E-state index contributed by atoms with van der Waals surface area (Å²) >= 11 is 6.16. The molecule has 0 spiro atoms. The Bertz CT molecular complexity index is 366. The summed E-state index contributed by atoms with van der Waals surface area (Å²) in [5.41, 5.74) is 1.11. The normalized spacial score (nSPS) is 14.6. The van der Waals surface area contributed by atoms with Gasteiger partial charge in [0.2, 0.25) is 6.79 Å². The minimum absolute atomic E-state index is 0.0259. The average molecular weight is 213 g/mol. The Morgan fingerprint density at radius 2 is 1.71 bits per heavy atom. The molecule has 0 aromatic heterocycles. The first kappa shape index (κ1) is 9.66. The third kappa shape index (κ3) is 1.55. The van der Waals surface area contributed by atoms with E-state index in [1.54, 1.807) is 0 Å². The van der Waals surface area contributed by atoms with Crippen molar-refractivity contribution in [3.8, 4) is 11.5 Å². The molecule has 1 aromatic rings. The van der Waals surface area contributed by atoms with Crippen molar-refractivity contribution in [2.75, 3.05) is 6.79 Å². The highest BCUT2D eigenvalue weighted by atomic mass is 35.5. The molecule has 0 unspecified atom stereocenters. The third-order valence-electron chi connectivity index (χ3n) is 2.27. The maximum absolute atomic E-state index is 6.16. The predicted molar refractivity (Wildman–Crippen MR) is 56.3 cm³/mol. The lowest BCUT2D eigenvalue weighted by Crippen LogP contribution is -2.11. The summed E-state index contributed by atoms with van der Waals surface area (Å²) in [4.78, 5) is 0. The van der Waals surface area contributed by atoms with Crippen LogP contribution in [0.5, 0.6) is 11.5 Å². The van der Waals surface area contributed by atoms with Crippen molar-refractivity contribution in [1.82, 2.24) is 0 Å². The first-order valence-corrected chi connectivity index (χ1v) is 4.96. The molecule has 1 heterocycles. The fraction of sp³-hybridized carbons (Fsp3) is 0.455. The fourth-order valence-corrected chi connectivity index (χ4v) is 1.93. The molecule has 0 atom stereocenters. The van der Waals surface area contributed by atoms with Gasteiger partial charge in [-0.2, -0.15) is 0 Å². The van der Waals surface area contributed by atoms with E-state index in [0.717, 1.165) is 22.1 Å². The van der Waals surface area contributed by atoms with Crippen LogP contribution in [0.2, 0.25) is 5.02 Å². The minimum Gasteiger partial charge on any atom is -0.454 e. The lowest BCUT2D eigenvalue weighted by Gasteiger charge is -2.20. The fourth-order valence-electron chi connectivity index (χ4n) is 1.49. The summed E-state index contributed by atoms with van der Waals surface area (Å²) in [6, 6.07) is 3.79. The SMILES string of the molecule is CC(C)(C)c1cc2c(cc1Cl)OCO2. The summed E-state index contributed by atoms with van der Waals surface area (Å²) in [6.45, 7) is 6.66. The van der Waals surface area contributed by atoms with Gasteiger partial charge in [0.05, 0.1) is 0 Å². The highest BCUT2D eigenvalue weighted by Crippen LogP contribution is 2.40. The number of hydrogen-bond acceptors (Lipinski definition) is 2. The van der Waals surface area contributed by atoms with Gasteiger partial charge in [0.15, 0.2) is 11.5 Å². The molecular formula is C11H13ClO2. The van der Waals surface area contributed by atoms with Crippen LogP contribution in [0, 0.1) is 0 Å². The minimum atomic E-state index is 0.0259. The molecule has 3 heteroatoms. The molecule has 0 radical (unpaired) electrons. The van der Waals surface area contributed by atoms with Gasteiger partial charge in [-0.1, -0.05) is 32.4 Å². The third-order valence-corrected chi connectivity index (χ3v) is 2.58. The van der Waals surface area contributed by atoms with Gasteiger partial charge in [-0.3, -0.25) is 0 Å².